The Morgan fingerprint density at radius 1 is 1.55 bits per heavy atom. The standard InChI is InChI=1S/C6H8N2O2.K.H/c9-6-4-1-2-7-3-5(4)10-8-6;;/h7H,1-3H2,(H,8,9);;. The van der Waals surface area contributed by atoms with Gasteiger partial charge in [-0.1, -0.05) is 0 Å². The first-order valence-corrected chi connectivity index (χ1v) is 3.25. The van der Waals surface area contributed by atoms with Crippen LogP contribution in [0.2, 0.25) is 0 Å². The summed E-state index contributed by atoms with van der Waals surface area (Å²) in [6, 6.07) is 0. The van der Waals surface area contributed by atoms with Gasteiger partial charge in [0.1, 0.15) is 0 Å². The minimum atomic E-state index is 0. The number of rotatable bonds is 0. The molecular formula is C6H9KN2O2. The van der Waals surface area contributed by atoms with Crippen LogP contribution in [0, 0.1) is 0 Å². The van der Waals surface area contributed by atoms with Crippen LogP contribution in [0.25, 0.3) is 0 Å². The molecule has 1 aromatic heterocycles. The van der Waals surface area contributed by atoms with Crippen molar-refractivity contribution in [3.8, 4) is 5.88 Å². The molecule has 2 heterocycles. The first-order chi connectivity index (χ1) is 4.88. The summed E-state index contributed by atoms with van der Waals surface area (Å²) < 4.78 is 4.82. The van der Waals surface area contributed by atoms with Crippen LogP contribution in [-0.4, -0.2) is 68.2 Å². The Hall–Kier alpha value is 0.606. The number of nitrogens with one attached hydrogen (secondary N) is 1. The summed E-state index contributed by atoms with van der Waals surface area (Å²) >= 11 is 0. The molecule has 5 heteroatoms. The van der Waals surface area contributed by atoms with E-state index in [2.05, 4.69) is 10.5 Å². The van der Waals surface area contributed by atoms with E-state index in [4.69, 9.17) is 9.63 Å². The second-order valence-corrected chi connectivity index (χ2v) is 2.33. The van der Waals surface area contributed by atoms with E-state index in [1.807, 2.05) is 0 Å². The molecule has 2 rings (SSSR count). The van der Waals surface area contributed by atoms with Crippen LogP contribution in [0.1, 0.15) is 11.3 Å². The summed E-state index contributed by atoms with van der Waals surface area (Å²) in [5.74, 6) is 0.820. The van der Waals surface area contributed by atoms with Gasteiger partial charge in [0, 0.05) is 0 Å². The summed E-state index contributed by atoms with van der Waals surface area (Å²) in [5, 5.41) is 15.6. The van der Waals surface area contributed by atoms with Crippen molar-refractivity contribution in [1.29, 1.82) is 0 Å². The Labute approximate surface area is 107 Å². The van der Waals surface area contributed by atoms with Gasteiger partial charge in [-0.3, -0.25) is 0 Å². The van der Waals surface area contributed by atoms with Crippen LogP contribution >= 0.6 is 0 Å². The Kier molecular flexibility index (Phi) is 3.54. The zero-order valence-electron chi connectivity index (χ0n) is 5.42. The maximum absolute atomic E-state index is 9.06. The molecule has 0 spiro atoms. The molecule has 0 aromatic carbocycles. The van der Waals surface area contributed by atoms with Crippen LogP contribution in [0.5, 0.6) is 5.88 Å². The normalized spacial score (nSPS) is 15.3. The van der Waals surface area contributed by atoms with Crippen molar-refractivity contribution in [3.05, 3.63) is 11.3 Å². The first-order valence-electron chi connectivity index (χ1n) is 3.25. The quantitative estimate of drug-likeness (QED) is 0.522. The van der Waals surface area contributed by atoms with Crippen LogP contribution < -0.4 is 5.32 Å². The van der Waals surface area contributed by atoms with E-state index in [9.17, 15) is 0 Å². The Balaban J connectivity index is 0.000000605. The fourth-order valence-electron chi connectivity index (χ4n) is 1.14. The molecule has 1 aliphatic heterocycles. The van der Waals surface area contributed by atoms with Crippen molar-refractivity contribution in [2.75, 3.05) is 6.54 Å². The molecule has 2 N–H and O–H groups in total. The summed E-state index contributed by atoms with van der Waals surface area (Å²) in [6.07, 6.45) is 0.810. The predicted molar refractivity (Wildman–Crippen MR) is 40.7 cm³/mol. The van der Waals surface area contributed by atoms with Gasteiger partial charge in [0.25, 0.3) is 5.88 Å². The molecule has 0 saturated carbocycles. The third-order valence-corrected chi connectivity index (χ3v) is 1.69. The zero-order chi connectivity index (χ0) is 6.97. The molecule has 0 fully saturated rings. The van der Waals surface area contributed by atoms with Crippen molar-refractivity contribution in [2.45, 2.75) is 13.0 Å². The van der Waals surface area contributed by atoms with E-state index in [0.717, 1.165) is 24.3 Å². The van der Waals surface area contributed by atoms with Gasteiger partial charge in [0.2, 0.25) is 0 Å². The van der Waals surface area contributed by atoms with Gasteiger partial charge >= 0.3 is 51.4 Å². The van der Waals surface area contributed by atoms with E-state index in [0.29, 0.717) is 6.54 Å². The van der Waals surface area contributed by atoms with E-state index in [-0.39, 0.29) is 57.3 Å². The molecule has 0 aliphatic carbocycles. The fourth-order valence-corrected chi connectivity index (χ4v) is 1.14. The van der Waals surface area contributed by atoms with Crippen LogP contribution in [0.3, 0.4) is 0 Å². The molecule has 11 heavy (non-hydrogen) atoms. The molecule has 0 unspecified atom stereocenters. The van der Waals surface area contributed by atoms with Gasteiger partial charge in [-0.05, 0) is 18.1 Å². The fraction of sp³-hybridized carbons (Fsp3) is 0.500. The van der Waals surface area contributed by atoms with E-state index < -0.39 is 0 Å². The van der Waals surface area contributed by atoms with Gasteiger partial charge in [0.05, 0.1) is 12.1 Å². The third kappa shape index (κ3) is 1.85. The van der Waals surface area contributed by atoms with Crippen LogP contribution in [0.15, 0.2) is 4.52 Å². The number of hydrogen-bond acceptors (Lipinski definition) is 4. The maximum atomic E-state index is 9.06. The van der Waals surface area contributed by atoms with Crippen molar-refractivity contribution in [3.63, 3.8) is 0 Å². The molecule has 1 aliphatic rings. The van der Waals surface area contributed by atoms with Crippen molar-refractivity contribution in [1.82, 2.24) is 10.5 Å². The Morgan fingerprint density at radius 3 is 3.09 bits per heavy atom. The van der Waals surface area contributed by atoms with Gasteiger partial charge in [-0.25, -0.2) is 0 Å². The molecule has 0 atom stereocenters. The van der Waals surface area contributed by atoms with Crippen molar-refractivity contribution >= 4 is 51.4 Å². The number of aromatic nitrogens is 1. The summed E-state index contributed by atoms with van der Waals surface area (Å²) in [5.41, 5.74) is 0.860. The minimum absolute atomic E-state index is 0. The van der Waals surface area contributed by atoms with Gasteiger partial charge in [-0.2, -0.15) is 0 Å². The average Bonchev–Trinajstić information content (AvgIpc) is 2.34. The zero-order valence-corrected chi connectivity index (χ0v) is 5.42. The molecule has 56 valence electrons. The van der Waals surface area contributed by atoms with Gasteiger partial charge in [0.15, 0.2) is 5.76 Å². The molecule has 0 saturated heterocycles. The first kappa shape index (κ1) is 9.69. The Morgan fingerprint density at radius 2 is 2.36 bits per heavy atom. The van der Waals surface area contributed by atoms with Crippen LogP contribution in [-0.2, 0) is 13.0 Å². The van der Waals surface area contributed by atoms with Gasteiger partial charge < -0.3 is 14.9 Å². The topological polar surface area (TPSA) is 58.3 Å². The van der Waals surface area contributed by atoms with E-state index >= 15 is 0 Å². The summed E-state index contributed by atoms with van der Waals surface area (Å²) in [7, 11) is 0. The summed E-state index contributed by atoms with van der Waals surface area (Å²) in [6.45, 7) is 1.57. The molecule has 4 nitrogen and oxygen atoms in total. The number of hydrogen-bond donors (Lipinski definition) is 2. The van der Waals surface area contributed by atoms with Gasteiger partial charge in [-0.15, -0.1) is 0 Å². The van der Waals surface area contributed by atoms with Crippen molar-refractivity contribution in [2.24, 2.45) is 0 Å². The SMILES string of the molecule is Oc1noc2c1CCNC2.[KH]. The molecular weight excluding hydrogens is 171 g/mol. The van der Waals surface area contributed by atoms with Crippen molar-refractivity contribution < 1.29 is 9.63 Å². The number of nitrogens with zero attached hydrogens (tertiary/aromatic N) is 1. The van der Waals surface area contributed by atoms with E-state index in [1.165, 1.54) is 0 Å². The third-order valence-electron chi connectivity index (χ3n) is 1.69. The summed E-state index contributed by atoms with van der Waals surface area (Å²) in [4.78, 5) is 0. The molecule has 0 radical (unpaired) electrons. The molecule has 0 amide bonds. The Bertz CT molecular complexity index is 249. The molecule has 0 bridgehead atoms. The molecule has 1 aromatic rings. The number of fused-ring (bicyclic) bond motifs is 1. The monoisotopic (exact) mass is 180 g/mol. The van der Waals surface area contributed by atoms with E-state index in [1.54, 1.807) is 0 Å². The number of aromatic hydroxyl groups is 1. The van der Waals surface area contributed by atoms with Crippen LogP contribution in [0.4, 0.5) is 0 Å². The average molecular weight is 180 g/mol. The predicted octanol–water partition coefficient (Wildman–Crippen LogP) is -0.623. The second-order valence-electron chi connectivity index (χ2n) is 2.33. The second kappa shape index (κ2) is 4.02.